The largest absolute Gasteiger partial charge is 0.383 e. The van der Waals surface area contributed by atoms with Crippen molar-refractivity contribution in [1.82, 2.24) is 14.8 Å². The zero-order valence-electron chi connectivity index (χ0n) is 13.9. The average molecular weight is 375 g/mol. The van der Waals surface area contributed by atoms with Crippen LogP contribution in [0.3, 0.4) is 0 Å². The average Bonchev–Trinajstić information content (AvgIpc) is 2.97. The molecule has 0 aliphatic rings. The molecule has 10 heteroatoms. The number of halogens is 2. The van der Waals surface area contributed by atoms with Crippen molar-refractivity contribution in [2.45, 2.75) is 32.1 Å². The number of rotatable bonds is 7. The number of aromatic nitrogens is 3. The van der Waals surface area contributed by atoms with Crippen molar-refractivity contribution in [2.75, 3.05) is 6.26 Å². The van der Waals surface area contributed by atoms with E-state index in [0.29, 0.717) is 0 Å². The van der Waals surface area contributed by atoms with E-state index in [2.05, 4.69) is 10.1 Å². The molecule has 138 valence electrons. The van der Waals surface area contributed by atoms with E-state index < -0.39 is 44.9 Å². The minimum Gasteiger partial charge on any atom is -0.383 e. The number of aliphatic hydroxyl groups is 1. The van der Waals surface area contributed by atoms with E-state index in [1.54, 1.807) is 0 Å². The fraction of sp³-hybridized carbons (Fsp3) is 0.467. The van der Waals surface area contributed by atoms with Gasteiger partial charge in [-0.25, -0.2) is 18.4 Å². The molecule has 0 aliphatic carbocycles. The molecule has 1 aromatic carbocycles. The topological polar surface area (TPSA) is 94.3 Å². The summed E-state index contributed by atoms with van der Waals surface area (Å²) in [7, 11) is -3.83. The molecule has 0 saturated carbocycles. The van der Waals surface area contributed by atoms with Crippen LogP contribution in [0.2, 0.25) is 0 Å². The molecule has 3 atom stereocenters. The maximum atomic E-state index is 14.3. The van der Waals surface area contributed by atoms with E-state index in [-0.39, 0.29) is 6.54 Å². The van der Waals surface area contributed by atoms with E-state index in [0.717, 1.165) is 18.4 Å². The summed E-state index contributed by atoms with van der Waals surface area (Å²) in [5.41, 5.74) is -2.71. The second-order valence-corrected chi connectivity index (χ2v) is 7.51. The lowest BCUT2D eigenvalue weighted by atomic mass is 9.79. The summed E-state index contributed by atoms with van der Waals surface area (Å²) in [6, 6.07) is 3.20. The van der Waals surface area contributed by atoms with Gasteiger partial charge in [-0.05, 0) is 19.1 Å². The van der Waals surface area contributed by atoms with Gasteiger partial charge in [0.2, 0.25) is 0 Å². The van der Waals surface area contributed by atoms with Crippen LogP contribution in [-0.4, -0.2) is 40.6 Å². The van der Waals surface area contributed by atoms with Crippen LogP contribution in [0, 0.1) is 17.6 Å². The van der Waals surface area contributed by atoms with Crippen LogP contribution in [0.25, 0.3) is 0 Å². The molecule has 7 nitrogen and oxygen atoms in total. The fourth-order valence-electron chi connectivity index (χ4n) is 2.67. The van der Waals surface area contributed by atoms with E-state index in [9.17, 15) is 22.3 Å². The predicted octanol–water partition coefficient (Wildman–Crippen LogP) is 1.44. The smallest absolute Gasteiger partial charge is 0.264 e. The molecule has 0 saturated heterocycles. The summed E-state index contributed by atoms with van der Waals surface area (Å²) in [6.45, 7) is 2.50. The Labute approximate surface area is 144 Å². The summed E-state index contributed by atoms with van der Waals surface area (Å²) < 4.78 is 57.5. The van der Waals surface area contributed by atoms with E-state index in [1.807, 2.05) is 0 Å². The molecule has 0 unspecified atom stereocenters. The van der Waals surface area contributed by atoms with Crippen molar-refractivity contribution in [3.63, 3.8) is 0 Å². The Morgan fingerprint density at radius 3 is 2.40 bits per heavy atom. The summed E-state index contributed by atoms with van der Waals surface area (Å²) >= 11 is 0. The molecule has 1 heterocycles. The SMILES string of the molecule is C[C@H](OS(C)(=O)=O)[C@H](C)[C@](O)(Cn1cncn1)c1c(F)cccc1F. The highest BCUT2D eigenvalue weighted by Gasteiger charge is 2.44. The van der Waals surface area contributed by atoms with Gasteiger partial charge in [0.25, 0.3) is 10.1 Å². The van der Waals surface area contributed by atoms with Crippen LogP contribution < -0.4 is 0 Å². The highest BCUT2D eigenvalue weighted by Crippen LogP contribution is 2.37. The Kier molecular flexibility index (Phi) is 5.55. The third kappa shape index (κ3) is 4.39. The minimum absolute atomic E-state index is 0.344. The van der Waals surface area contributed by atoms with Crippen molar-refractivity contribution in [2.24, 2.45) is 5.92 Å². The zero-order chi connectivity index (χ0) is 18.8. The Bertz CT molecular complexity index is 809. The minimum atomic E-state index is -3.83. The molecular weight excluding hydrogens is 356 g/mol. The molecule has 25 heavy (non-hydrogen) atoms. The van der Waals surface area contributed by atoms with Crippen LogP contribution in [0.1, 0.15) is 19.4 Å². The molecule has 1 N–H and O–H groups in total. The first-order chi connectivity index (χ1) is 11.5. The molecule has 1 aromatic heterocycles. The van der Waals surface area contributed by atoms with Crippen LogP contribution in [-0.2, 0) is 26.4 Å². The summed E-state index contributed by atoms with van der Waals surface area (Å²) in [6.07, 6.45) is 2.29. The molecular formula is C15H19F2N3O4S. The lowest BCUT2D eigenvalue weighted by Crippen LogP contribution is -2.45. The second kappa shape index (κ2) is 7.14. The Hall–Kier alpha value is -1.91. The van der Waals surface area contributed by atoms with E-state index in [1.165, 1.54) is 37.3 Å². The molecule has 0 amide bonds. The quantitative estimate of drug-likeness (QED) is 0.736. The molecule has 0 radical (unpaired) electrons. The fourth-order valence-corrected chi connectivity index (χ4v) is 3.39. The Morgan fingerprint density at radius 1 is 1.32 bits per heavy atom. The number of nitrogens with zero attached hydrogens (tertiary/aromatic N) is 3. The maximum absolute atomic E-state index is 14.3. The molecule has 0 spiro atoms. The van der Waals surface area contributed by atoms with E-state index >= 15 is 0 Å². The van der Waals surface area contributed by atoms with Gasteiger partial charge in [-0.1, -0.05) is 13.0 Å². The van der Waals surface area contributed by atoms with Crippen molar-refractivity contribution in [1.29, 1.82) is 0 Å². The molecule has 2 aromatic rings. The maximum Gasteiger partial charge on any atom is 0.264 e. The highest BCUT2D eigenvalue weighted by molar-refractivity contribution is 7.86. The van der Waals surface area contributed by atoms with Crippen LogP contribution >= 0.6 is 0 Å². The van der Waals surface area contributed by atoms with Gasteiger partial charge in [0.15, 0.2) is 0 Å². The van der Waals surface area contributed by atoms with Crippen LogP contribution in [0.15, 0.2) is 30.9 Å². The first-order valence-electron chi connectivity index (χ1n) is 7.42. The lowest BCUT2D eigenvalue weighted by Gasteiger charge is -2.37. The van der Waals surface area contributed by atoms with Crippen molar-refractivity contribution in [3.05, 3.63) is 48.1 Å². The van der Waals surface area contributed by atoms with Gasteiger partial charge in [0.1, 0.15) is 29.9 Å². The van der Waals surface area contributed by atoms with Crippen LogP contribution in [0.5, 0.6) is 0 Å². The number of hydrogen-bond acceptors (Lipinski definition) is 6. The first kappa shape index (κ1) is 19.4. The van der Waals surface area contributed by atoms with Crippen LogP contribution in [0.4, 0.5) is 8.78 Å². The first-order valence-corrected chi connectivity index (χ1v) is 9.24. The lowest BCUT2D eigenvalue weighted by molar-refractivity contribution is -0.0750. The van der Waals surface area contributed by atoms with Crippen molar-refractivity contribution in [3.8, 4) is 0 Å². The number of benzene rings is 1. The van der Waals surface area contributed by atoms with Crippen molar-refractivity contribution >= 4 is 10.1 Å². The van der Waals surface area contributed by atoms with E-state index in [4.69, 9.17) is 4.18 Å². The van der Waals surface area contributed by atoms with Gasteiger partial charge in [-0.15, -0.1) is 0 Å². The highest BCUT2D eigenvalue weighted by atomic mass is 32.2. The third-order valence-corrected chi connectivity index (χ3v) is 4.70. The summed E-state index contributed by atoms with van der Waals surface area (Å²) in [5.74, 6) is -2.92. The molecule has 0 aliphatic heterocycles. The van der Waals surface area contributed by atoms with Gasteiger partial charge in [-0.2, -0.15) is 13.5 Å². The Balaban J connectivity index is 2.52. The van der Waals surface area contributed by atoms with Crippen molar-refractivity contribution < 1.29 is 26.5 Å². The standard InChI is InChI=1S/C15H19F2N3O4S/c1-10(11(2)24-25(3,22)23)15(21,7-20-9-18-8-19-20)14-12(16)5-4-6-13(14)17/h4-6,8-11,21H,7H2,1-3H3/t10-,11-,15+/m0/s1. The zero-order valence-corrected chi connectivity index (χ0v) is 14.7. The van der Waals surface area contributed by atoms with Gasteiger partial charge in [0, 0.05) is 5.92 Å². The molecule has 0 fully saturated rings. The summed E-state index contributed by atoms with van der Waals surface area (Å²) in [4.78, 5) is 3.73. The van der Waals surface area contributed by atoms with Gasteiger partial charge < -0.3 is 5.11 Å². The Morgan fingerprint density at radius 2 is 1.92 bits per heavy atom. The summed E-state index contributed by atoms with van der Waals surface area (Å²) in [5, 5.41) is 15.1. The second-order valence-electron chi connectivity index (χ2n) is 5.91. The van der Waals surface area contributed by atoms with Gasteiger partial charge >= 0.3 is 0 Å². The molecule has 0 bridgehead atoms. The van der Waals surface area contributed by atoms with Gasteiger partial charge in [-0.3, -0.25) is 4.18 Å². The third-order valence-electron chi connectivity index (χ3n) is 4.05. The monoisotopic (exact) mass is 375 g/mol. The predicted molar refractivity (Wildman–Crippen MR) is 84.8 cm³/mol. The normalized spacial score (nSPS) is 17.0. The molecule has 2 rings (SSSR count). The number of hydrogen-bond donors (Lipinski definition) is 1. The van der Waals surface area contributed by atoms with Gasteiger partial charge in [0.05, 0.1) is 24.5 Å².